The number of nitrogens with one attached hydrogen (secondary N) is 1. The molecule has 1 atom stereocenters. The summed E-state index contributed by atoms with van der Waals surface area (Å²) in [7, 11) is 0. The van der Waals surface area contributed by atoms with Crippen molar-refractivity contribution in [3.8, 4) is 11.5 Å². The van der Waals surface area contributed by atoms with Crippen LogP contribution in [-0.2, 0) is 13.1 Å². The molecule has 0 unspecified atom stereocenters. The molecule has 0 spiro atoms. The lowest BCUT2D eigenvalue weighted by Crippen LogP contribution is -2.49. The predicted molar refractivity (Wildman–Crippen MR) is 165 cm³/mol. The van der Waals surface area contributed by atoms with E-state index in [0.29, 0.717) is 24.0 Å². The Morgan fingerprint density at radius 3 is 2.49 bits per heavy atom. The van der Waals surface area contributed by atoms with Crippen LogP contribution in [0.2, 0.25) is 0 Å². The Morgan fingerprint density at radius 1 is 0.951 bits per heavy atom. The Bertz CT molecular complexity index is 1250. The molecule has 3 aliphatic rings. The van der Waals surface area contributed by atoms with Crippen molar-refractivity contribution in [3.63, 3.8) is 0 Å². The molecule has 218 valence electrons. The molecule has 2 saturated carbocycles. The van der Waals surface area contributed by atoms with Gasteiger partial charge in [0, 0.05) is 42.5 Å². The second-order valence-corrected chi connectivity index (χ2v) is 12.3. The van der Waals surface area contributed by atoms with E-state index in [1.165, 1.54) is 81.8 Å². The second-order valence-electron chi connectivity index (χ2n) is 12.3. The van der Waals surface area contributed by atoms with E-state index in [9.17, 15) is 0 Å². The maximum absolute atomic E-state index is 6.73. The third kappa shape index (κ3) is 7.13. The third-order valence-electron chi connectivity index (χ3n) is 9.47. The lowest BCUT2D eigenvalue weighted by atomic mass is 9.81. The van der Waals surface area contributed by atoms with Crippen molar-refractivity contribution in [2.45, 2.75) is 102 Å². The summed E-state index contributed by atoms with van der Waals surface area (Å²) in [6.45, 7) is 2.90. The van der Waals surface area contributed by atoms with E-state index < -0.39 is 0 Å². The number of aromatic amines is 1. The van der Waals surface area contributed by atoms with Gasteiger partial charge in [0.05, 0.1) is 11.9 Å². The number of fused-ring (bicyclic) bond motifs is 1. The molecule has 6 rings (SSSR count). The minimum atomic E-state index is 0.410. The molecular weight excluding hydrogens is 508 g/mol. The highest BCUT2D eigenvalue weighted by atomic mass is 16.5. The molecule has 0 saturated heterocycles. The quantitative estimate of drug-likeness (QED) is 0.256. The predicted octanol–water partition coefficient (Wildman–Crippen LogP) is 7.53. The Hall–Kier alpha value is -3.32. The van der Waals surface area contributed by atoms with E-state index in [4.69, 9.17) is 15.5 Å². The summed E-state index contributed by atoms with van der Waals surface area (Å²) < 4.78 is 6.16. The van der Waals surface area contributed by atoms with Gasteiger partial charge in [-0.05, 0) is 81.3 Å². The molecule has 0 bridgehead atoms. The molecule has 1 aliphatic heterocycles. The smallest absolute Gasteiger partial charge is 0.197 e. The molecule has 7 heteroatoms. The fourth-order valence-corrected chi connectivity index (χ4v) is 7.33. The molecule has 7 nitrogen and oxygen atoms in total. The zero-order valence-electron chi connectivity index (χ0n) is 24.4. The number of aliphatic imine (C=N–C) groups is 1. The summed E-state index contributed by atoms with van der Waals surface area (Å²) >= 11 is 0. The van der Waals surface area contributed by atoms with Gasteiger partial charge in [0.15, 0.2) is 5.96 Å². The maximum atomic E-state index is 6.73. The third-order valence-corrected chi connectivity index (χ3v) is 9.47. The van der Waals surface area contributed by atoms with Gasteiger partial charge in [-0.2, -0.15) is 5.10 Å². The van der Waals surface area contributed by atoms with Crippen molar-refractivity contribution in [2.75, 3.05) is 6.54 Å². The van der Waals surface area contributed by atoms with Crippen LogP contribution in [0.1, 0.15) is 88.2 Å². The summed E-state index contributed by atoms with van der Waals surface area (Å²) in [6.07, 6.45) is 19.7. The number of ether oxygens (including phenoxy) is 1. The minimum Gasteiger partial charge on any atom is -0.457 e. The molecule has 2 aromatic carbocycles. The average molecular weight is 555 g/mol. The van der Waals surface area contributed by atoms with Gasteiger partial charge in [0.2, 0.25) is 0 Å². The van der Waals surface area contributed by atoms with Crippen molar-refractivity contribution in [1.29, 1.82) is 0 Å². The van der Waals surface area contributed by atoms with Gasteiger partial charge in [-0.15, -0.1) is 0 Å². The van der Waals surface area contributed by atoms with Gasteiger partial charge in [0.25, 0.3) is 0 Å². The van der Waals surface area contributed by atoms with Gasteiger partial charge in [-0.1, -0.05) is 56.7 Å². The van der Waals surface area contributed by atoms with E-state index >= 15 is 0 Å². The number of H-pyrrole nitrogens is 1. The van der Waals surface area contributed by atoms with Crippen LogP contribution in [0.15, 0.2) is 65.9 Å². The number of hydrogen-bond donors (Lipinski definition) is 2. The topological polar surface area (TPSA) is 82.8 Å². The van der Waals surface area contributed by atoms with Crippen LogP contribution < -0.4 is 10.5 Å². The van der Waals surface area contributed by atoms with Gasteiger partial charge in [-0.25, -0.2) is 4.99 Å². The highest BCUT2D eigenvalue weighted by Crippen LogP contribution is 2.37. The number of aromatic nitrogens is 2. The zero-order valence-corrected chi connectivity index (χ0v) is 24.4. The summed E-state index contributed by atoms with van der Waals surface area (Å²) in [5.74, 6) is 3.04. The van der Waals surface area contributed by atoms with Gasteiger partial charge < -0.3 is 15.4 Å². The number of guanidine groups is 1. The van der Waals surface area contributed by atoms with Crippen molar-refractivity contribution >= 4 is 11.6 Å². The fraction of sp³-hybridized carbons (Fsp3) is 0.529. The molecule has 1 aromatic heterocycles. The Balaban J connectivity index is 1.17. The molecule has 41 heavy (non-hydrogen) atoms. The summed E-state index contributed by atoms with van der Waals surface area (Å²) in [5, 5.41) is 7.22. The van der Waals surface area contributed by atoms with Crippen molar-refractivity contribution in [2.24, 2.45) is 16.6 Å². The van der Waals surface area contributed by atoms with Gasteiger partial charge >= 0.3 is 0 Å². The first kappa shape index (κ1) is 27.8. The SMILES string of the molecule is NC1=Nc2ccc(Oc3ccccc3)cc2CN1[C@@H](CCCN(Cc1cn[nH]c1)C1CCCCC1)C1CCCCC1. The Morgan fingerprint density at radius 2 is 1.73 bits per heavy atom. The van der Waals surface area contributed by atoms with E-state index in [1.807, 2.05) is 48.7 Å². The van der Waals surface area contributed by atoms with Crippen molar-refractivity contribution < 1.29 is 4.74 Å². The maximum Gasteiger partial charge on any atom is 0.197 e. The first-order chi connectivity index (χ1) is 20.2. The van der Waals surface area contributed by atoms with Crippen LogP contribution in [0.5, 0.6) is 11.5 Å². The summed E-state index contributed by atoms with van der Waals surface area (Å²) in [6, 6.07) is 17.3. The van der Waals surface area contributed by atoms with Crippen LogP contribution >= 0.6 is 0 Å². The normalized spacial score (nSPS) is 19.1. The monoisotopic (exact) mass is 554 g/mol. The van der Waals surface area contributed by atoms with E-state index in [1.54, 1.807) is 0 Å². The lowest BCUT2D eigenvalue weighted by Gasteiger charge is -2.42. The molecule has 2 aliphatic carbocycles. The van der Waals surface area contributed by atoms with Crippen LogP contribution in [0, 0.1) is 5.92 Å². The zero-order chi connectivity index (χ0) is 27.9. The lowest BCUT2D eigenvalue weighted by molar-refractivity contribution is 0.126. The van der Waals surface area contributed by atoms with Crippen LogP contribution in [0.25, 0.3) is 0 Å². The second kappa shape index (κ2) is 13.6. The van der Waals surface area contributed by atoms with E-state index in [2.05, 4.69) is 32.3 Å². The summed E-state index contributed by atoms with van der Waals surface area (Å²) in [5.41, 5.74) is 10.2. The fourth-order valence-electron chi connectivity index (χ4n) is 7.33. The number of para-hydroxylation sites is 1. The van der Waals surface area contributed by atoms with E-state index in [-0.39, 0.29) is 0 Å². The number of rotatable bonds is 11. The molecule has 3 aromatic rings. The van der Waals surface area contributed by atoms with Crippen LogP contribution in [0.4, 0.5) is 5.69 Å². The first-order valence-corrected chi connectivity index (χ1v) is 15.9. The van der Waals surface area contributed by atoms with Gasteiger partial charge in [0.1, 0.15) is 11.5 Å². The molecule has 3 N–H and O–H groups in total. The summed E-state index contributed by atoms with van der Waals surface area (Å²) in [4.78, 5) is 10.1. The average Bonchev–Trinajstić information content (AvgIpc) is 3.53. The Kier molecular flexibility index (Phi) is 9.21. The Labute approximate surface area is 245 Å². The van der Waals surface area contributed by atoms with Gasteiger partial charge in [-0.3, -0.25) is 10.00 Å². The molecule has 2 fully saturated rings. The highest BCUT2D eigenvalue weighted by Gasteiger charge is 2.33. The number of hydrogen-bond acceptors (Lipinski definition) is 6. The van der Waals surface area contributed by atoms with Crippen LogP contribution in [0.3, 0.4) is 0 Å². The van der Waals surface area contributed by atoms with Crippen molar-refractivity contribution in [1.82, 2.24) is 20.0 Å². The minimum absolute atomic E-state index is 0.410. The van der Waals surface area contributed by atoms with Crippen LogP contribution in [-0.4, -0.2) is 44.6 Å². The first-order valence-electron chi connectivity index (χ1n) is 15.9. The number of nitrogens with two attached hydrogens (primary N) is 1. The number of benzene rings is 2. The largest absolute Gasteiger partial charge is 0.457 e. The standard InChI is InChI=1S/C34H46N6O/c35-34-38-32-19-18-31(41-30-15-8-3-9-16-30)21-28(32)25-40(34)33(27-11-4-1-5-12-27)17-10-20-39(24-26-22-36-37-23-26)29-13-6-2-7-14-29/h3,8-9,15-16,18-19,21-23,27,29,33H,1-2,4-7,10-14,17,20,24-25H2,(H2,35,38)(H,36,37)/t33-/m0/s1. The highest BCUT2D eigenvalue weighted by molar-refractivity contribution is 5.84. The molecule has 0 amide bonds. The number of nitrogens with zero attached hydrogens (tertiary/aromatic N) is 4. The molecular formula is C34H46N6O. The van der Waals surface area contributed by atoms with E-state index in [0.717, 1.165) is 43.2 Å². The van der Waals surface area contributed by atoms with Crippen molar-refractivity contribution in [3.05, 3.63) is 72.1 Å². The molecule has 2 heterocycles. The molecule has 0 radical (unpaired) electrons.